The molecule has 0 bridgehead atoms. The Morgan fingerprint density at radius 1 is 1.35 bits per heavy atom. The standard InChI is InChI=1S/C12H8FNO3/c13-7-1-2-12-9(3-7)14-5-11(16)10(15)4-8(14)6-17-12/h1-5,16H,6H2. The number of aromatic hydroxyl groups is 1. The molecule has 2 aromatic rings. The van der Waals surface area contributed by atoms with Crippen molar-refractivity contribution in [3.8, 4) is 17.2 Å². The van der Waals surface area contributed by atoms with Crippen molar-refractivity contribution in [2.75, 3.05) is 0 Å². The van der Waals surface area contributed by atoms with Gasteiger partial charge in [-0.15, -0.1) is 0 Å². The van der Waals surface area contributed by atoms with Gasteiger partial charge in [-0.3, -0.25) is 4.79 Å². The van der Waals surface area contributed by atoms with Crippen molar-refractivity contribution in [3.63, 3.8) is 0 Å². The highest BCUT2D eigenvalue weighted by molar-refractivity contribution is 5.50. The minimum absolute atomic E-state index is 0.216. The van der Waals surface area contributed by atoms with Gasteiger partial charge in [0, 0.05) is 12.1 Å². The quantitative estimate of drug-likeness (QED) is 0.751. The van der Waals surface area contributed by atoms with Gasteiger partial charge < -0.3 is 14.4 Å². The molecule has 0 radical (unpaired) electrons. The monoisotopic (exact) mass is 233 g/mol. The van der Waals surface area contributed by atoms with Gasteiger partial charge in [-0.25, -0.2) is 4.39 Å². The van der Waals surface area contributed by atoms with Crippen LogP contribution >= 0.6 is 0 Å². The fourth-order valence-electron chi connectivity index (χ4n) is 1.85. The average Bonchev–Trinajstić information content (AvgIpc) is 2.31. The molecule has 1 N–H and O–H groups in total. The lowest BCUT2D eigenvalue weighted by Crippen LogP contribution is -2.18. The number of halogens is 1. The number of hydrogen-bond acceptors (Lipinski definition) is 3. The Morgan fingerprint density at radius 2 is 2.18 bits per heavy atom. The van der Waals surface area contributed by atoms with Crippen LogP contribution in [0.1, 0.15) is 5.69 Å². The number of ether oxygens (including phenoxy) is 1. The molecule has 0 aliphatic carbocycles. The summed E-state index contributed by atoms with van der Waals surface area (Å²) in [6.45, 7) is 0.216. The first-order valence-corrected chi connectivity index (χ1v) is 5.02. The van der Waals surface area contributed by atoms with Crippen LogP contribution in [0.4, 0.5) is 4.39 Å². The van der Waals surface area contributed by atoms with E-state index in [0.717, 1.165) is 0 Å². The predicted octanol–water partition coefficient (Wildman–Crippen LogP) is 1.57. The normalized spacial score (nSPS) is 12.5. The number of rotatable bonds is 0. The van der Waals surface area contributed by atoms with Gasteiger partial charge in [-0.05, 0) is 12.1 Å². The Kier molecular flexibility index (Phi) is 1.95. The van der Waals surface area contributed by atoms with Gasteiger partial charge in [0.2, 0.25) is 5.43 Å². The number of hydrogen-bond donors (Lipinski definition) is 1. The van der Waals surface area contributed by atoms with Gasteiger partial charge in [-0.1, -0.05) is 0 Å². The van der Waals surface area contributed by atoms with Crippen LogP contribution in [-0.4, -0.2) is 9.67 Å². The van der Waals surface area contributed by atoms with E-state index >= 15 is 0 Å². The molecule has 0 amide bonds. The van der Waals surface area contributed by atoms with Gasteiger partial charge in [0.25, 0.3) is 0 Å². The van der Waals surface area contributed by atoms with E-state index < -0.39 is 11.2 Å². The molecule has 3 rings (SSSR count). The van der Waals surface area contributed by atoms with Crippen molar-refractivity contribution >= 4 is 0 Å². The Labute approximate surface area is 95.5 Å². The lowest BCUT2D eigenvalue weighted by atomic mass is 10.2. The third kappa shape index (κ3) is 1.47. The Hall–Kier alpha value is -2.30. The summed E-state index contributed by atoms with van der Waals surface area (Å²) in [5, 5.41) is 9.40. The number of nitrogens with zero attached hydrogens (tertiary/aromatic N) is 1. The predicted molar refractivity (Wildman–Crippen MR) is 58.0 cm³/mol. The molecule has 2 heterocycles. The smallest absolute Gasteiger partial charge is 0.223 e. The largest absolute Gasteiger partial charge is 0.503 e. The molecule has 1 aromatic heterocycles. The highest BCUT2D eigenvalue weighted by Crippen LogP contribution is 2.30. The van der Waals surface area contributed by atoms with Crippen LogP contribution in [0.15, 0.2) is 35.3 Å². The molecule has 1 aromatic carbocycles. The van der Waals surface area contributed by atoms with Crippen LogP contribution in [0.25, 0.3) is 5.69 Å². The zero-order valence-corrected chi connectivity index (χ0v) is 8.68. The second-order valence-electron chi connectivity index (χ2n) is 3.78. The van der Waals surface area contributed by atoms with Crippen LogP contribution in [0.2, 0.25) is 0 Å². The fourth-order valence-corrected chi connectivity index (χ4v) is 1.85. The minimum atomic E-state index is -0.472. The van der Waals surface area contributed by atoms with Gasteiger partial charge in [0.1, 0.15) is 18.2 Å². The van der Waals surface area contributed by atoms with Crippen LogP contribution < -0.4 is 10.2 Å². The van der Waals surface area contributed by atoms with E-state index in [-0.39, 0.29) is 12.4 Å². The molecule has 0 unspecified atom stereocenters. The highest BCUT2D eigenvalue weighted by atomic mass is 19.1. The summed E-state index contributed by atoms with van der Waals surface area (Å²) < 4.78 is 20.1. The molecular formula is C12H8FNO3. The second-order valence-corrected chi connectivity index (χ2v) is 3.78. The Balaban J connectivity index is 2.31. The summed E-state index contributed by atoms with van der Waals surface area (Å²) in [5.74, 6) is -0.258. The first-order chi connectivity index (χ1) is 8.15. The fraction of sp³-hybridized carbons (Fsp3) is 0.0833. The number of aromatic nitrogens is 1. The molecule has 0 fully saturated rings. The first-order valence-electron chi connectivity index (χ1n) is 5.02. The van der Waals surface area contributed by atoms with Crippen molar-refractivity contribution in [3.05, 3.63) is 52.2 Å². The SMILES string of the molecule is O=c1cc2n(cc1O)-c1cc(F)ccc1OC2. The molecule has 1 aliphatic heterocycles. The van der Waals surface area contributed by atoms with Crippen molar-refractivity contribution in [2.45, 2.75) is 6.61 Å². The number of benzene rings is 1. The van der Waals surface area contributed by atoms with Crippen LogP contribution in [0, 0.1) is 5.82 Å². The zero-order chi connectivity index (χ0) is 12.0. The average molecular weight is 233 g/mol. The van der Waals surface area contributed by atoms with E-state index in [1.54, 1.807) is 4.57 Å². The summed E-state index contributed by atoms with van der Waals surface area (Å²) in [6, 6.07) is 5.39. The molecule has 5 heteroatoms. The molecule has 86 valence electrons. The van der Waals surface area contributed by atoms with E-state index in [0.29, 0.717) is 17.1 Å². The van der Waals surface area contributed by atoms with Gasteiger partial charge in [-0.2, -0.15) is 0 Å². The number of pyridine rings is 1. The molecule has 4 nitrogen and oxygen atoms in total. The summed E-state index contributed by atoms with van der Waals surface area (Å²) in [6.07, 6.45) is 1.28. The lowest BCUT2D eigenvalue weighted by molar-refractivity contribution is 0.282. The summed E-state index contributed by atoms with van der Waals surface area (Å²) in [4.78, 5) is 11.3. The third-order valence-corrected chi connectivity index (χ3v) is 2.67. The summed E-state index contributed by atoms with van der Waals surface area (Å²) in [5.41, 5.74) is 0.576. The summed E-state index contributed by atoms with van der Waals surface area (Å²) in [7, 11) is 0. The van der Waals surface area contributed by atoms with Crippen molar-refractivity contribution in [2.24, 2.45) is 0 Å². The van der Waals surface area contributed by atoms with E-state index in [2.05, 4.69) is 0 Å². The number of fused-ring (bicyclic) bond motifs is 3. The molecule has 0 saturated carbocycles. The van der Waals surface area contributed by atoms with Gasteiger partial charge in [0.05, 0.1) is 17.6 Å². The van der Waals surface area contributed by atoms with Crippen molar-refractivity contribution in [1.82, 2.24) is 4.57 Å². The minimum Gasteiger partial charge on any atom is -0.503 e. The lowest BCUT2D eigenvalue weighted by Gasteiger charge is -2.22. The third-order valence-electron chi connectivity index (χ3n) is 2.67. The maximum absolute atomic E-state index is 13.2. The van der Waals surface area contributed by atoms with E-state index in [4.69, 9.17) is 4.74 Å². The molecule has 1 aliphatic rings. The topological polar surface area (TPSA) is 51.5 Å². The summed E-state index contributed by atoms with van der Waals surface area (Å²) >= 11 is 0. The Bertz CT molecular complexity index is 663. The van der Waals surface area contributed by atoms with E-state index in [9.17, 15) is 14.3 Å². The molecule has 0 saturated heterocycles. The van der Waals surface area contributed by atoms with Crippen molar-refractivity contribution in [1.29, 1.82) is 0 Å². The highest BCUT2D eigenvalue weighted by Gasteiger charge is 2.17. The van der Waals surface area contributed by atoms with Gasteiger partial charge in [0.15, 0.2) is 5.75 Å². The molecule has 17 heavy (non-hydrogen) atoms. The zero-order valence-electron chi connectivity index (χ0n) is 8.68. The maximum atomic E-state index is 13.2. The van der Waals surface area contributed by atoms with E-state index in [1.807, 2.05) is 0 Å². The van der Waals surface area contributed by atoms with Crippen LogP contribution in [-0.2, 0) is 6.61 Å². The second kappa shape index (κ2) is 3.35. The maximum Gasteiger partial charge on any atom is 0.223 e. The van der Waals surface area contributed by atoms with Crippen molar-refractivity contribution < 1.29 is 14.2 Å². The molecule has 0 spiro atoms. The van der Waals surface area contributed by atoms with Gasteiger partial charge >= 0.3 is 0 Å². The molecular weight excluding hydrogens is 225 g/mol. The molecule has 0 atom stereocenters. The Morgan fingerprint density at radius 3 is 3.00 bits per heavy atom. The first kappa shape index (κ1) is 9.89. The van der Waals surface area contributed by atoms with Crippen LogP contribution in [0.5, 0.6) is 11.5 Å². The van der Waals surface area contributed by atoms with Crippen LogP contribution in [0.3, 0.4) is 0 Å². The van der Waals surface area contributed by atoms with E-state index in [1.165, 1.54) is 30.5 Å².